The van der Waals surface area contributed by atoms with Crippen LogP contribution in [-0.4, -0.2) is 28.8 Å². The molecular formula is C15H21NO3S. The van der Waals surface area contributed by atoms with E-state index in [4.69, 9.17) is 5.11 Å². The quantitative estimate of drug-likeness (QED) is 0.724. The lowest BCUT2D eigenvalue weighted by Gasteiger charge is -2.15. The number of aryl methyl sites for hydroxylation is 1. The number of amides is 1. The van der Waals surface area contributed by atoms with Gasteiger partial charge in [0.05, 0.1) is 12.2 Å². The van der Waals surface area contributed by atoms with Crippen molar-refractivity contribution in [2.45, 2.75) is 44.0 Å². The van der Waals surface area contributed by atoms with Crippen molar-refractivity contribution in [3.8, 4) is 0 Å². The first kappa shape index (κ1) is 16.6. The van der Waals surface area contributed by atoms with Gasteiger partial charge in [-0.2, -0.15) is 0 Å². The van der Waals surface area contributed by atoms with Crippen LogP contribution in [0.25, 0.3) is 0 Å². The number of carbonyl (C=O) groups excluding carboxylic acids is 1. The Morgan fingerprint density at radius 3 is 2.50 bits per heavy atom. The molecule has 0 heterocycles. The summed E-state index contributed by atoms with van der Waals surface area (Å²) in [6.07, 6.45) is 1.52. The number of benzene rings is 1. The van der Waals surface area contributed by atoms with Crippen LogP contribution >= 0.6 is 11.8 Å². The number of hydrogen-bond donors (Lipinski definition) is 2. The minimum Gasteiger partial charge on any atom is -0.481 e. The lowest BCUT2D eigenvalue weighted by Crippen LogP contribution is -2.37. The predicted octanol–water partition coefficient (Wildman–Crippen LogP) is 2.85. The average Bonchev–Trinajstić information content (AvgIpc) is 2.37. The maximum atomic E-state index is 11.8. The molecule has 1 aromatic rings. The topological polar surface area (TPSA) is 66.4 Å². The molecule has 4 nitrogen and oxygen atoms in total. The lowest BCUT2D eigenvalue weighted by molar-refractivity contribution is -0.137. The predicted molar refractivity (Wildman–Crippen MR) is 81.0 cm³/mol. The Labute approximate surface area is 124 Å². The van der Waals surface area contributed by atoms with Crippen molar-refractivity contribution >= 4 is 23.6 Å². The molecule has 2 N–H and O–H groups in total. The van der Waals surface area contributed by atoms with Gasteiger partial charge >= 0.3 is 5.97 Å². The van der Waals surface area contributed by atoms with Gasteiger partial charge in [0, 0.05) is 10.9 Å². The molecule has 0 saturated heterocycles. The third-order valence-corrected chi connectivity index (χ3v) is 3.83. The fourth-order valence-electron chi connectivity index (χ4n) is 1.84. The fraction of sp³-hybridized carbons (Fsp3) is 0.467. The molecular weight excluding hydrogens is 274 g/mol. The van der Waals surface area contributed by atoms with E-state index in [-0.39, 0.29) is 18.4 Å². The van der Waals surface area contributed by atoms with Crippen molar-refractivity contribution in [1.29, 1.82) is 0 Å². The molecule has 0 fully saturated rings. The summed E-state index contributed by atoms with van der Waals surface area (Å²) < 4.78 is 0. The van der Waals surface area contributed by atoms with Crippen LogP contribution in [0.2, 0.25) is 0 Å². The minimum atomic E-state index is -0.880. The van der Waals surface area contributed by atoms with Crippen LogP contribution in [0.4, 0.5) is 0 Å². The van der Waals surface area contributed by atoms with Crippen molar-refractivity contribution in [3.05, 3.63) is 29.8 Å². The molecule has 1 amide bonds. The zero-order chi connectivity index (χ0) is 15.0. The van der Waals surface area contributed by atoms with Crippen molar-refractivity contribution in [2.75, 3.05) is 5.75 Å². The number of carboxylic acid groups (broad SMARTS) is 1. The molecule has 1 atom stereocenters. The van der Waals surface area contributed by atoms with Crippen molar-refractivity contribution < 1.29 is 14.7 Å². The molecule has 1 rings (SSSR count). The molecule has 0 saturated carbocycles. The summed E-state index contributed by atoms with van der Waals surface area (Å²) >= 11 is 1.46. The van der Waals surface area contributed by atoms with Gasteiger partial charge in [-0.05, 0) is 25.5 Å². The summed E-state index contributed by atoms with van der Waals surface area (Å²) in [5.41, 5.74) is 1.18. The number of carboxylic acids is 1. The highest BCUT2D eigenvalue weighted by Crippen LogP contribution is 2.18. The third kappa shape index (κ3) is 6.61. The summed E-state index contributed by atoms with van der Waals surface area (Å²) in [6, 6.07) is 7.70. The molecule has 5 heteroatoms. The molecule has 1 unspecified atom stereocenters. The van der Waals surface area contributed by atoms with Gasteiger partial charge in [0.15, 0.2) is 0 Å². The van der Waals surface area contributed by atoms with Crippen LogP contribution in [-0.2, 0) is 9.59 Å². The Bertz CT molecular complexity index is 445. The average molecular weight is 295 g/mol. The molecule has 0 aliphatic carbocycles. The fourth-order valence-corrected chi connectivity index (χ4v) is 2.55. The monoisotopic (exact) mass is 295 g/mol. The van der Waals surface area contributed by atoms with Crippen LogP contribution in [0.15, 0.2) is 29.2 Å². The Kier molecular flexibility index (Phi) is 7.15. The number of thioether (sulfide) groups is 1. The van der Waals surface area contributed by atoms with E-state index < -0.39 is 5.97 Å². The molecule has 0 bridgehead atoms. The van der Waals surface area contributed by atoms with Gasteiger partial charge in [-0.1, -0.05) is 31.0 Å². The number of carbonyl (C=O) groups is 2. The maximum absolute atomic E-state index is 11.8. The maximum Gasteiger partial charge on any atom is 0.305 e. The van der Waals surface area contributed by atoms with Gasteiger partial charge in [0.2, 0.25) is 5.91 Å². The van der Waals surface area contributed by atoms with Crippen molar-refractivity contribution in [3.63, 3.8) is 0 Å². The van der Waals surface area contributed by atoms with Crippen LogP contribution in [0.5, 0.6) is 0 Å². The molecule has 0 radical (unpaired) electrons. The number of rotatable bonds is 8. The van der Waals surface area contributed by atoms with Crippen molar-refractivity contribution in [2.24, 2.45) is 0 Å². The second-order valence-corrected chi connectivity index (χ2v) is 5.80. The van der Waals surface area contributed by atoms with Gasteiger partial charge in [-0.25, -0.2) is 0 Å². The normalized spacial score (nSPS) is 11.9. The van der Waals surface area contributed by atoms with Gasteiger partial charge in [-0.15, -0.1) is 11.8 Å². The first-order chi connectivity index (χ1) is 9.51. The minimum absolute atomic E-state index is 0.0191. The number of nitrogens with one attached hydrogen (secondary N) is 1. The SMILES string of the molecule is CCCC(CC(=O)O)NC(=O)CSc1ccc(C)cc1. The molecule has 0 aliphatic rings. The zero-order valence-corrected chi connectivity index (χ0v) is 12.7. The second-order valence-electron chi connectivity index (χ2n) is 4.75. The Morgan fingerprint density at radius 2 is 1.95 bits per heavy atom. The summed E-state index contributed by atoms with van der Waals surface area (Å²) in [7, 11) is 0. The van der Waals surface area contributed by atoms with E-state index in [1.165, 1.54) is 17.3 Å². The largest absolute Gasteiger partial charge is 0.481 e. The van der Waals surface area contributed by atoms with Crippen LogP contribution < -0.4 is 5.32 Å². The third-order valence-electron chi connectivity index (χ3n) is 2.81. The van der Waals surface area contributed by atoms with Crippen molar-refractivity contribution in [1.82, 2.24) is 5.32 Å². The highest BCUT2D eigenvalue weighted by atomic mass is 32.2. The summed E-state index contributed by atoms with van der Waals surface area (Å²) in [6.45, 7) is 3.99. The summed E-state index contributed by atoms with van der Waals surface area (Å²) in [4.78, 5) is 23.6. The second kappa shape index (κ2) is 8.64. The van der Waals surface area contributed by atoms with E-state index in [2.05, 4.69) is 5.32 Å². The smallest absolute Gasteiger partial charge is 0.305 e. The molecule has 0 spiro atoms. The lowest BCUT2D eigenvalue weighted by atomic mass is 10.1. The summed E-state index contributed by atoms with van der Waals surface area (Å²) in [5.74, 6) is -0.687. The van der Waals surface area contributed by atoms with E-state index in [1.807, 2.05) is 38.1 Å². The standard InChI is InChI=1S/C15H21NO3S/c1-3-4-12(9-15(18)19)16-14(17)10-20-13-7-5-11(2)6-8-13/h5-8,12H,3-4,9-10H2,1-2H3,(H,16,17)(H,18,19). The van der Waals surface area contributed by atoms with Gasteiger partial charge in [-0.3, -0.25) is 9.59 Å². The number of hydrogen-bond acceptors (Lipinski definition) is 3. The van der Waals surface area contributed by atoms with E-state index in [1.54, 1.807) is 0 Å². The highest BCUT2D eigenvalue weighted by Gasteiger charge is 2.15. The van der Waals surface area contributed by atoms with E-state index >= 15 is 0 Å². The molecule has 20 heavy (non-hydrogen) atoms. The van der Waals surface area contributed by atoms with Crippen LogP contribution in [0, 0.1) is 6.92 Å². The van der Waals surface area contributed by atoms with Crippen LogP contribution in [0.3, 0.4) is 0 Å². The Balaban J connectivity index is 2.41. The van der Waals surface area contributed by atoms with E-state index in [0.717, 1.165) is 11.3 Å². The molecule has 0 aromatic heterocycles. The zero-order valence-electron chi connectivity index (χ0n) is 11.9. The summed E-state index contributed by atoms with van der Waals surface area (Å²) in [5, 5.41) is 11.6. The first-order valence-electron chi connectivity index (χ1n) is 6.72. The Hall–Kier alpha value is -1.49. The van der Waals surface area contributed by atoms with Gasteiger partial charge < -0.3 is 10.4 Å². The number of aliphatic carboxylic acids is 1. The first-order valence-corrected chi connectivity index (χ1v) is 7.70. The van der Waals surface area contributed by atoms with E-state index in [9.17, 15) is 9.59 Å². The molecule has 0 aliphatic heterocycles. The highest BCUT2D eigenvalue weighted by molar-refractivity contribution is 8.00. The molecule has 1 aromatic carbocycles. The van der Waals surface area contributed by atoms with Crippen LogP contribution in [0.1, 0.15) is 31.7 Å². The van der Waals surface area contributed by atoms with Gasteiger partial charge in [0.25, 0.3) is 0 Å². The molecule has 110 valence electrons. The Morgan fingerprint density at radius 1 is 1.30 bits per heavy atom. The van der Waals surface area contributed by atoms with Gasteiger partial charge in [0.1, 0.15) is 0 Å². The van der Waals surface area contributed by atoms with E-state index in [0.29, 0.717) is 12.2 Å².